The number of nitrogens with one attached hydrogen (secondary N) is 1. The maximum atomic E-state index is 11.7. The number of carbonyl (C=O) groups excluding carboxylic acids is 1. The minimum atomic E-state index is -0.358. The third-order valence-electron chi connectivity index (χ3n) is 3.25. The van der Waals surface area contributed by atoms with E-state index in [2.05, 4.69) is 37.9 Å². The molecule has 0 bridgehead atoms. The highest BCUT2D eigenvalue weighted by Gasteiger charge is 2.13. The summed E-state index contributed by atoms with van der Waals surface area (Å²) in [5, 5.41) is 0. The molecule has 5 heteroatoms. The van der Waals surface area contributed by atoms with E-state index in [1.807, 2.05) is 12.1 Å². The van der Waals surface area contributed by atoms with E-state index in [1.54, 1.807) is 24.5 Å². The van der Waals surface area contributed by atoms with Crippen LogP contribution in [0.25, 0.3) is 0 Å². The van der Waals surface area contributed by atoms with Crippen molar-refractivity contribution in [1.29, 1.82) is 0 Å². The number of aromatic nitrogens is 1. The topological polar surface area (TPSA) is 49.7 Å². The number of esters is 1. The molecule has 0 atom stereocenters. The van der Waals surface area contributed by atoms with E-state index in [4.69, 9.17) is 9.47 Å². The minimum Gasteiger partial charge on any atom is -1.00 e. The van der Waals surface area contributed by atoms with Crippen molar-refractivity contribution >= 4 is 5.97 Å². The van der Waals surface area contributed by atoms with Crippen LogP contribution in [0.5, 0.6) is 5.75 Å². The lowest BCUT2D eigenvalue weighted by molar-refractivity contribution is -0.378. The molecule has 1 N–H and O–H groups in total. The Kier molecular flexibility index (Phi) is 7.04. The van der Waals surface area contributed by atoms with Crippen LogP contribution in [0.4, 0.5) is 0 Å². The summed E-state index contributed by atoms with van der Waals surface area (Å²) in [5.41, 5.74) is 1.88. The molecule has 23 heavy (non-hydrogen) atoms. The summed E-state index contributed by atoms with van der Waals surface area (Å²) >= 11 is 0. The van der Waals surface area contributed by atoms with Crippen molar-refractivity contribution < 1.29 is 31.7 Å². The van der Waals surface area contributed by atoms with Crippen molar-refractivity contribution in [3.8, 4) is 5.75 Å². The van der Waals surface area contributed by atoms with Crippen molar-refractivity contribution in [2.75, 3.05) is 13.2 Å². The zero-order valence-electron chi connectivity index (χ0n) is 13.6. The number of aromatic amines is 1. The number of pyridine rings is 1. The van der Waals surface area contributed by atoms with E-state index >= 15 is 0 Å². The third kappa shape index (κ3) is 5.91. The highest BCUT2D eigenvalue weighted by molar-refractivity contribution is 5.88. The molecule has 0 aliphatic carbocycles. The van der Waals surface area contributed by atoms with E-state index < -0.39 is 0 Å². The number of hydrogen-bond acceptors (Lipinski definition) is 3. The van der Waals surface area contributed by atoms with Gasteiger partial charge in [0.1, 0.15) is 24.5 Å². The van der Waals surface area contributed by atoms with Gasteiger partial charge in [0.05, 0.1) is 0 Å². The van der Waals surface area contributed by atoms with Gasteiger partial charge in [0, 0.05) is 6.07 Å². The molecule has 0 spiro atoms. The van der Waals surface area contributed by atoms with Gasteiger partial charge in [-0.05, 0) is 29.2 Å². The average Bonchev–Trinajstić information content (AvgIpc) is 2.52. The molecule has 0 radical (unpaired) electrons. The van der Waals surface area contributed by atoms with Crippen LogP contribution in [0.15, 0.2) is 48.8 Å². The Morgan fingerprint density at radius 3 is 2.35 bits per heavy atom. The quantitative estimate of drug-likeness (QED) is 0.572. The van der Waals surface area contributed by atoms with E-state index in [9.17, 15) is 4.79 Å². The fraction of sp³-hybridized carbons (Fsp3) is 0.333. The van der Waals surface area contributed by atoms with E-state index in [-0.39, 0.29) is 30.4 Å². The molecule has 0 saturated heterocycles. The summed E-state index contributed by atoms with van der Waals surface area (Å²) < 4.78 is 10.7. The summed E-state index contributed by atoms with van der Waals surface area (Å²) in [6.07, 6.45) is 3.34. The standard InChI is InChI=1S/C18H21NO3.ClH/c1-18(2,3)15-6-8-16(9-7-15)21-11-12-22-17(20)14-5-4-10-19-13-14;/h4-10,13H,11-12H2,1-3H3;1H. The fourth-order valence-electron chi connectivity index (χ4n) is 1.95. The third-order valence-corrected chi connectivity index (χ3v) is 3.25. The minimum absolute atomic E-state index is 0. The molecule has 1 heterocycles. The van der Waals surface area contributed by atoms with E-state index in [1.165, 1.54) is 5.56 Å². The highest BCUT2D eigenvalue weighted by atomic mass is 35.5. The lowest BCUT2D eigenvalue weighted by atomic mass is 9.87. The predicted molar refractivity (Wildman–Crippen MR) is 83.9 cm³/mol. The van der Waals surface area contributed by atoms with Gasteiger partial charge in [-0.3, -0.25) is 0 Å². The average molecular weight is 336 g/mol. The van der Waals surface area contributed by atoms with Crippen LogP contribution in [-0.2, 0) is 10.2 Å². The van der Waals surface area contributed by atoms with Crippen LogP contribution < -0.4 is 22.1 Å². The van der Waals surface area contributed by atoms with Gasteiger partial charge in [0.15, 0.2) is 12.4 Å². The fourth-order valence-corrected chi connectivity index (χ4v) is 1.95. The smallest absolute Gasteiger partial charge is 0.344 e. The first kappa shape index (κ1) is 19.0. The number of hydrogen-bond donors (Lipinski definition) is 0. The largest absolute Gasteiger partial charge is 1.00 e. The van der Waals surface area contributed by atoms with Gasteiger partial charge in [0.2, 0.25) is 0 Å². The van der Waals surface area contributed by atoms with Gasteiger partial charge in [-0.25, -0.2) is 9.78 Å². The van der Waals surface area contributed by atoms with Crippen LogP contribution in [0, 0.1) is 0 Å². The number of carbonyl (C=O) groups is 1. The number of rotatable bonds is 5. The monoisotopic (exact) mass is 335 g/mol. The SMILES string of the molecule is CC(C)(C)c1ccc(OCCOC(=O)c2ccc[nH+]c2)cc1.[Cl-]. The van der Waals surface area contributed by atoms with Gasteiger partial charge < -0.3 is 21.9 Å². The van der Waals surface area contributed by atoms with Crippen molar-refractivity contribution in [2.24, 2.45) is 0 Å². The van der Waals surface area contributed by atoms with Crippen LogP contribution in [0.3, 0.4) is 0 Å². The lowest BCUT2D eigenvalue weighted by Crippen LogP contribution is -3.00. The van der Waals surface area contributed by atoms with Crippen molar-refractivity contribution in [3.63, 3.8) is 0 Å². The van der Waals surface area contributed by atoms with Crippen LogP contribution in [-0.4, -0.2) is 19.2 Å². The number of H-pyrrole nitrogens is 1. The molecular formula is C18H22ClNO3. The zero-order chi connectivity index (χ0) is 16.0. The van der Waals surface area contributed by atoms with Gasteiger partial charge in [-0.15, -0.1) is 0 Å². The summed E-state index contributed by atoms with van der Waals surface area (Å²) in [4.78, 5) is 14.6. The Balaban J connectivity index is 0.00000264. The van der Waals surface area contributed by atoms with Gasteiger partial charge in [-0.1, -0.05) is 32.9 Å². The van der Waals surface area contributed by atoms with E-state index in [0.717, 1.165) is 5.75 Å². The maximum Gasteiger partial charge on any atom is 0.344 e. The molecule has 0 fully saturated rings. The van der Waals surface area contributed by atoms with Crippen molar-refractivity contribution in [1.82, 2.24) is 0 Å². The normalized spacial score (nSPS) is 10.6. The maximum absolute atomic E-state index is 11.7. The molecule has 0 saturated carbocycles. The van der Waals surface area contributed by atoms with Crippen molar-refractivity contribution in [3.05, 3.63) is 59.9 Å². The molecular weight excluding hydrogens is 314 g/mol. The molecule has 2 rings (SSSR count). The molecule has 1 aromatic carbocycles. The van der Waals surface area contributed by atoms with Gasteiger partial charge >= 0.3 is 5.97 Å². The molecule has 0 amide bonds. The molecule has 0 aliphatic rings. The van der Waals surface area contributed by atoms with Crippen LogP contribution in [0.2, 0.25) is 0 Å². The molecule has 4 nitrogen and oxygen atoms in total. The summed E-state index contributed by atoms with van der Waals surface area (Å²) in [7, 11) is 0. The second kappa shape index (κ2) is 8.53. The Bertz CT molecular complexity index is 606. The molecule has 2 aromatic rings. The first-order chi connectivity index (χ1) is 10.5. The molecule has 0 aliphatic heterocycles. The summed E-state index contributed by atoms with van der Waals surface area (Å²) in [5.74, 6) is 0.417. The van der Waals surface area contributed by atoms with Crippen LogP contribution >= 0.6 is 0 Å². The first-order valence-electron chi connectivity index (χ1n) is 7.33. The predicted octanol–water partition coefficient (Wildman–Crippen LogP) is 0.0380. The second-order valence-electron chi connectivity index (χ2n) is 6.05. The summed E-state index contributed by atoms with van der Waals surface area (Å²) in [6.45, 7) is 7.06. The number of ether oxygens (including phenoxy) is 2. The van der Waals surface area contributed by atoms with Gasteiger partial charge in [-0.2, -0.15) is 0 Å². The summed E-state index contributed by atoms with van der Waals surface area (Å²) in [6, 6.07) is 11.4. The molecule has 124 valence electrons. The highest BCUT2D eigenvalue weighted by Crippen LogP contribution is 2.24. The Labute approximate surface area is 143 Å². The Morgan fingerprint density at radius 1 is 1.09 bits per heavy atom. The van der Waals surface area contributed by atoms with Crippen molar-refractivity contribution in [2.45, 2.75) is 26.2 Å². The number of benzene rings is 1. The lowest BCUT2D eigenvalue weighted by Gasteiger charge is -2.19. The van der Waals surface area contributed by atoms with Gasteiger partial charge in [0.25, 0.3) is 0 Å². The zero-order valence-corrected chi connectivity index (χ0v) is 14.4. The Hall–Kier alpha value is -2.07. The van der Waals surface area contributed by atoms with E-state index in [0.29, 0.717) is 12.2 Å². The van der Waals surface area contributed by atoms with Crippen LogP contribution in [0.1, 0.15) is 36.7 Å². The molecule has 1 aromatic heterocycles. The number of halogens is 1. The first-order valence-corrected chi connectivity index (χ1v) is 7.33. The second-order valence-corrected chi connectivity index (χ2v) is 6.05. The molecule has 0 unspecified atom stereocenters. The Morgan fingerprint density at radius 2 is 1.78 bits per heavy atom.